The van der Waals surface area contributed by atoms with Crippen LogP contribution in [0.3, 0.4) is 0 Å². The lowest BCUT2D eigenvalue weighted by Crippen LogP contribution is -2.34. The number of nitrogens with two attached hydrogens (primary N) is 2. The third-order valence-corrected chi connectivity index (χ3v) is 3.73. The molecule has 0 aromatic heterocycles. The molecule has 0 radical (unpaired) electrons. The first-order valence-electron chi connectivity index (χ1n) is 6.43. The summed E-state index contributed by atoms with van der Waals surface area (Å²) in [5.74, 6) is -0.0953. The highest BCUT2D eigenvalue weighted by Crippen LogP contribution is 2.36. The summed E-state index contributed by atoms with van der Waals surface area (Å²) in [6.45, 7) is 2.95. The third-order valence-electron chi connectivity index (χ3n) is 3.73. The summed E-state index contributed by atoms with van der Waals surface area (Å²) in [6, 6.07) is 4.96. The zero-order valence-electron chi connectivity index (χ0n) is 10.8. The van der Waals surface area contributed by atoms with Crippen molar-refractivity contribution in [3.63, 3.8) is 0 Å². The van der Waals surface area contributed by atoms with Crippen LogP contribution < -0.4 is 16.8 Å². The van der Waals surface area contributed by atoms with E-state index < -0.39 is 0 Å². The minimum atomic E-state index is -0.0953. The van der Waals surface area contributed by atoms with E-state index in [2.05, 4.69) is 12.2 Å². The monoisotopic (exact) mass is 247 g/mol. The van der Waals surface area contributed by atoms with Crippen molar-refractivity contribution in [2.24, 2.45) is 5.41 Å². The number of rotatable bonds is 3. The SMILES string of the molecule is CC1(CNC(=O)c2cc(N)cc(N)c2)CCCC1. The van der Waals surface area contributed by atoms with Crippen LogP contribution in [0.5, 0.6) is 0 Å². The number of nitrogen functional groups attached to an aromatic ring is 2. The van der Waals surface area contributed by atoms with E-state index in [-0.39, 0.29) is 11.3 Å². The van der Waals surface area contributed by atoms with Crippen LogP contribution in [-0.4, -0.2) is 12.5 Å². The Morgan fingerprint density at radius 3 is 2.33 bits per heavy atom. The van der Waals surface area contributed by atoms with Gasteiger partial charge in [0.2, 0.25) is 0 Å². The molecule has 0 spiro atoms. The Balaban J connectivity index is 1.99. The topological polar surface area (TPSA) is 81.1 Å². The first kappa shape index (κ1) is 12.7. The van der Waals surface area contributed by atoms with Gasteiger partial charge in [-0.25, -0.2) is 0 Å². The lowest BCUT2D eigenvalue weighted by atomic mass is 9.89. The van der Waals surface area contributed by atoms with Gasteiger partial charge in [-0.2, -0.15) is 0 Å². The molecule has 1 aromatic carbocycles. The summed E-state index contributed by atoms with van der Waals surface area (Å²) >= 11 is 0. The van der Waals surface area contributed by atoms with Crippen molar-refractivity contribution < 1.29 is 4.79 Å². The number of carbonyl (C=O) groups is 1. The molecule has 1 aliphatic rings. The second-order valence-corrected chi connectivity index (χ2v) is 5.59. The molecule has 0 heterocycles. The molecule has 0 unspecified atom stereocenters. The molecule has 0 saturated heterocycles. The van der Waals surface area contributed by atoms with E-state index >= 15 is 0 Å². The van der Waals surface area contributed by atoms with Gasteiger partial charge < -0.3 is 16.8 Å². The highest BCUT2D eigenvalue weighted by molar-refractivity contribution is 5.96. The Hall–Kier alpha value is -1.71. The maximum Gasteiger partial charge on any atom is 0.251 e. The fraction of sp³-hybridized carbons (Fsp3) is 0.500. The van der Waals surface area contributed by atoms with Crippen LogP contribution in [-0.2, 0) is 0 Å². The van der Waals surface area contributed by atoms with Crippen molar-refractivity contribution in [2.75, 3.05) is 18.0 Å². The Bertz CT molecular complexity index is 430. The summed E-state index contributed by atoms with van der Waals surface area (Å²) in [6.07, 6.45) is 4.90. The third kappa shape index (κ3) is 2.94. The quantitative estimate of drug-likeness (QED) is 0.716. The number of nitrogens with one attached hydrogen (secondary N) is 1. The normalized spacial score (nSPS) is 17.6. The van der Waals surface area contributed by atoms with E-state index in [1.165, 1.54) is 25.7 Å². The van der Waals surface area contributed by atoms with Gasteiger partial charge >= 0.3 is 0 Å². The molecule has 98 valence electrons. The summed E-state index contributed by atoms with van der Waals surface area (Å²) < 4.78 is 0. The van der Waals surface area contributed by atoms with Crippen molar-refractivity contribution >= 4 is 17.3 Å². The Kier molecular flexibility index (Phi) is 3.45. The largest absolute Gasteiger partial charge is 0.399 e. The molecule has 0 atom stereocenters. The van der Waals surface area contributed by atoms with E-state index in [1.54, 1.807) is 18.2 Å². The van der Waals surface area contributed by atoms with E-state index in [0.29, 0.717) is 16.9 Å². The van der Waals surface area contributed by atoms with Crippen LogP contribution in [0.25, 0.3) is 0 Å². The second kappa shape index (κ2) is 4.88. The van der Waals surface area contributed by atoms with E-state index in [1.807, 2.05) is 0 Å². The van der Waals surface area contributed by atoms with Crippen LogP contribution in [0, 0.1) is 5.41 Å². The molecule has 18 heavy (non-hydrogen) atoms. The minimum absolute atomic E-state index is 0.0953. The van der Waals surface area contributed by atoms with Gasteiger partial charge in [-0.3, -0.25) is 4.79 Å². The molecular formula is C14H21N3O. The zero-order chi connectivity index (χ0) is 13.2. The highest BCUT2D eigenvalue weighted by atomic mass is 16.1. The zero-order valence-corrected chi connectivity index (χ0v) is 10.8. The van der Waals surface area contributed by atoms with Gasteiger partial charge in [0.15, 0.2) is 0 Å². The molecule has 1 aliphatic carbocycles. The van der Waals surface area contributed by atoms with Crippen LogP contribution >= 0.6 is 0 Å². The molecular weight excluding hydrogens is 226 g/mol. The predicted octanol–water partition coefficient (Wildman–Crippen LogP) is 2.16. The van der Waals surface area contributed by atoms with Gasteiger partial charge in [-0.15, -0.1) is 0 Å². The van der Waals surface area contributed by atoms with Crippen LogP contribution in [0.15, 0.2) is 18.2 Å². The maximum absolute atomic E-state index is 12.0. The average molecular weight is 247 g/mol. The lowest BCUT2D eigenvalue weighted by molar-refractivity contribution is 0.0934. The van der Waals surface area contributed by atoms with Crippen LogP contribution in [0.4, 0.5) is 11.4 Å². The van der Waals surface area contributed by atoms with E-state index in [9.17, 15) is 4.79 Å². The molecule has 2 rings (SSSR count). The molecule has 4 heteroatoms. The maximum atomic E-state index is 12.0. The van der Waals surface area contributed by atoms with Crippen LogP contribution in [0.2, 0.25) is 0 Å². The number of amides is 1. The van der Waals surface area contributed by atoms with Crippen molar-refractivity contribution in [3.05, 3.63) is 23.8 Å². The van der Waals surface area contributed by atoms with E-state index in [4.69, 9.17) is 11.5 Å². The molecule has 0 aliphatic heterocycles. The Morgan fingerprint density at radius 2 is 1.78 bits per heavy atom. The predicted molar refractivity (Wildman–Crippen MR) is 74.2 cm³/mol. The highest BCUT2D eigenvalue weighted by Gasteiger charge is 2.28. The number of benzene rings is 1. The molecule has 1 saturated carbocycles. The smallest absolute Gasteiger partial charge is 0.251 e. The van der Waals surface area contributed by atoms with Gasteiger partial charge in [-0.05, 0) is 36.5 Å². The number of hydrogen-bond donors (Lipinski definition) is 3. The van der Waals surface area contributed by atoms with Crippen molar-refractivity contribution in [2.45, 2.75) is 32.6 Å². The molecule has 5 N–H and O–H groups in total. The van der Waals surface area contributed by atoms with Gasteiger partial charge in [0.1, 0.15) is 0 Å². The average Bonchev–Trinajstić information content (AvgIpc) is 2.72. The van der Waals surface area contributed by atoms with Crippen molar-refractivity contribution in [1.82, 2.24) is 5.32 Å². The van der Waals surface area contributed by atoms with Gasteiger partial charge in [0, 0.05) is 23.5 Å². The fourth-order valence-electron chi connectivity index (χ4n) is 2.61. The lowest BCUT2D eigenvalue weighted by Gasteiger charge is -2.23. The summed E-state index contributed by atoms with van der Waals surface area (Å²) in [4.78, 5) is 12.0. The summed E-state index contributed by atoms with van der Waals surface area (Å²) in [7, 11) is 0. The summed E-state index contributed by atoms with van der Waals surface area (Å²) in [5.41, 5.74) is 13.2. The first-order chi connectivity index (χ1) is 8.48. The fourth-order valence-corrected chi connectivity index (χ4v) is 2.61. The second-order valence-electron chi connectivity index (χ2n) is 5.59. The van der Waals surface area contributed by atoms with Crippen molar-refractivity contribution in [3.8, 4) is 0 Å². The Labute approximate surface area is 108 Å². The van der Waals surface area contributed by atoms with Gasteiger partial charge in [0.05, 0.1) is 0 Å². The minimum Gasteiger partial charge on any atom is -0.399 e. The number of carbonyl (C=O) groups excluding carboxylic acids is 1. The first-order valence-corrected chi connectivity index (χ1v) is 6.43. The van der Waals surface area contributed by atoms with Crippen molar-refractivity contribution in [1.29, 1.82) is 0 Å². The molecule has 0 bridgehead atoms. The van der Waals surface area contributed by atoms with Gasteiger partial charge in [-0.1, -0.05) is 19.8 Å². The standard InChI is InChI=1S/C14H21N3O/c1-14(4-2-3-5-14)9-17-13(18)10-6-11(15)8-12(16)7-10/h6-8H,2-5,9,15-16H2,1H3,(H,17,18). The van der Waals surface area contributed by atoms with Crippen LogP contribution in [0.1, 0.15) is 43.0 Å². The Morgan fingerprint density at radius 1 is 1.22 bits per heavy atom. The number of hydrogen-bond acceptors (Lipinski definition) is 3. The number of anilines is 2. The summed E-state index contributed by atoms with van der Waals surface area (Å²) in [5, 5.41) is 2.99. The van der Waals surface area contributed by atoms with Gasteiger partial charge in [0.25, 0.3) is 5.91 Å². The molecule has 1 fully saturated rings. The molecule has 4 nitrogen and oxygen atoms in total. The molecule has 1 amide bonds. The molecule has 1 aromatic rings. The van der Waals surface area contributed by atoms with E-state index in [0.717, 1.165) is 6.54 Å².